The first kappa shape index (κ1) is 18.9. The number of fused-ring (bicyclic) bond motifs is 2. The molecule has 0 radical (unpaired) electrons. The van der Waals surface area contributed by atoms with Gasteiger partial charge in [-0.25, -0.2) is 14.8 Å². The van der Waals surface area contributed by atoms with Gasteiger partial charge >= 0.3 is 5.97 Å². The SMILES string of the molecule is CCC(C)OC(=O)c1c(N)n(Cc2ccc(C)cc2)c2nc3ccccc3nc12. The van der Waals surface area contributed by atoms with E-state index in [1.165, 1.54) is 5.56 Å². The highest BCUT2D eigenvalue weighted by molar-refractivity contribution is 6.08. The smallest absolute Gasteiger partial charge is 0.344 e. The molecule has 0 saturated heterocycles. The Bertz CT molecular complexity index is 1200. The van der Waals surface area contributed by atoms with Crippen molar-refractivity contribution in [2.75, 3.05) is 5.73 Å². The number of carbonyl (C=O) groups excluding carboxylic acids is 1. The molecule has 0 amide bonds. The fourth-order valence-corrected chi connectivity index (χ4v) is 3.28. The first-order valence-electron chi connectivity index (χ1n) is 9.79. The van der Waals surface area contributed by atoms with Gasteiger partial charge in [0.1, 0.15) is 16.9 Å². The van der Waals surface area contributed by atoms with Gasteiger partial charge in [-0.15, -0.1) is 0 Å². The fraction of sp³-hybridized carbons (Fsp3) is 0.261. The molecule has 2 aromatic carbocycles. The van der Waals surface area contributed by atoms with E-state index in [1.807, 2.05) is 61.7 Å². The van der Waals surface area contributed by atoms with Crippen LogP contribution in [0.5, 0.6) is 0 Å². The number of hydrogen-bond acceptors (Lipinski definition) is 5. The molecular weight excluding hydrogens is 364 g/mol. The van der Waals surface area contributed by atoms with Crippen LogP contribution < -0.4 is 5.73 Å². The molecule has 6 nitrogen and oxygen atoms in total. The number of ether oxygens (including phenoxy) is 1. The van der Waals surface area contributed by atoms with E-state index in [-0.39, 0.29) is 11.7 Å². The summed E-state index contributed by atoms with van der Waals surface area (Å²) in [6, 6.07) is 15.8. The zero-order valence-corrected chi connectivity index (χ0v) is 16.8. The summed E-state index contributed by atoms with van der Waals surface area (Å²) >= 11 is 0. The number of rotatable bonds is 5. The average molecular weight is 388 g/mol. The van der Waals surface area contributed by atoms with E-state index in [0.717, 1.165) is 17.5 Å². The van der Waals surface area contributed by atoms with Crippen LogP contribution >= 0.6 is 0 Å². The van der Waals surface area contributed by atoms with E-state index < -0.39 is 5.97 Å². The van der Waals surface area contributed by atoms with Crippen molar-refractivity contribution in [1.29, 1.82) is 0 Å². The standard InChI is InChI=1S/C23H24N4O2/c1-4-15(3)29-23(28)19-20-22(26-18-8-6-5-7-17(18)25-20)27(21(19)24)13-16-11-9-14(2)10-12-16/h5-12,15H,4,13,24H2,1-3H3. The lowest BCUT2D eigenvalue weighted by atomic mass is 10.1. The second-order valence-corrected chi connectivity index (χ2v) is 7.34. The zero-order chi connectivity index (χ0) is 20.5. The minimum Gasteiger partial charge on any atom is -0.459 e. The summed E-state index contributed by atoms with van der Waals surface area (Å²) in [7, 11) is 0. The number of benzene rings is 2. The lowest BCUT2D eigenvalue weighted by Crippen LogP contribution is -2.16. The Balaban J connectivity index is 1.91. The number of esters is 1. The molecule has 29 heavy (non-hydrogen) atoms. The Morgan fingerprint density at radius 3 is 2.41 bits per heavy atom. The van der Waals surface area contributed by atoms with Crippen LogP contribution in [0, 0.1) is 6.92 Å². The monoisotopic (exact) mass is 388 g/mol. The highest BCUT2D eigenvalue weighted by Crippen LogP contribution is 2.29. The molecule has 4 rings (SSSR count). The number of nitrogen functional groups attached to an aromatic ring is 1. The van der Waals surface area contributed by atoms with E-state index in [4.69, 9.17) is 20.4 Å². The van der Waals surface area contributed by atoms with Gasteiger partial charge in [0, 0.05) is 0 Å². The van der Waals surface area contributed by atoms with Crippen LogP contribution in [0.25, 0.3) is 22.2 Å². The van der Waals surface area contributed by atoms with Crippen molar-refractivity contribution < 1.29 is 9.53 Å². The van der Waals surface area contributed by atoms with Crippen LogP contribution in [0.4, 0.5) is 5.82 Å². The fourth-order valence-electron chi connectivity index (χ4n) is 3.28. The van der Waals surface area contributed by atoms with Gasteiger partial charge < -0.3 is 15.0 Å². The van der Waals surface area contributed by atoms with Gasteiger partial charge in [0.25, 0.3) is 0 Å². The third-order valence-electron chi connectivity index (χ3n) is 5.14. The minimum atomic E-state index is -0.464. The van der Waals surface area contributed by atoms with Gasteiger partial charge in [-0.1, -0.05) is 48.9 Å². The summed E-state index contributed by atoms with van der Waals surface area (Å²) < 4.78 is 7.41. The molecule has 148 valence electrons. The lowest BCUT2D eigenvalue weighted by Gasteiger charge is -2.11. The normalized spacial score (nSPS) is 12.4. The third-order valence-corrected chi connectivity index (χ3v) is 5.14. The number of hydrogen-bond donors (Lipinski definition) is 1. The van der Waals surface area contributed by atoms with Gasteiger partial charge in [-0.3, -0.25) is 0 Å². The molecule has 0 aliphatic rings. The van der Waals surface area contributed by atoms with Crippen molar-refractivity contribution in [2.45, 2.75) is 39.8 Å². The molecule has 1 unspecified atom stereocenters. The Kier molecular flexibility index (Phi) is 4.92. The van der Waals surface area contributed by atoms with E-state index in [1.54, 1.807) is 0 Å². The first-order valence-corrected chi connectivity index (χ1v) is 9.79. The van der Waals surface area contributed by atoms with Crippen LogP contribution in [0.2, 0.25) is 0 Å². The number of carbonyl (C=O) groups is 1. The van der Waals surface area contributed by atoms with Crippen molar-refractivity contribution in [3.05, 3.63) is 65.2 Å². The van der Waals surface area contributed by atoms with Gasteiger partial charge in [0.05, 0.1) is 23.7 Å². The Morgan fingerprint density at radius 1 is 1.10 bits per heavy atom. The van der Waals surface area contributed by atoms with E-state index in [2.05, 4.69) is 12.1 Å². The highest BCUT2D eigenvalue weighted by atomic mass is 16.5. The molecule has 0 saturated carbocycles. The van der Waals surface area contributed by atoms with Gasteiger partial charge in [-0.05, 0) is 38.0 Å². The lowest BCUT2D eigenvalue weighted by molar-refractivity contribution is 0.0338. The van der Waals surface area contributed by atoms with Crippen molar-refractivity contribution in [2.24, 2.45) is 0 Å². The molecule has 1 atom stereocenters. The molecule has 2 heterocycles. The van der Waals surface area contributed by atoms with Crippen molar-refractivity contribution in [3.63, 3.8) is 0 Å². The Hall–Kier alpha value is -3.41. The van der Waals surface area contributed by atoms with Gasteiger partial charge in [0.15, 0.2) is 5.65 Å². The number of aryl methyl sites for hydroxylation is 1. The molecule has 0 aliphatic heterocycles. The number of para-hydroxylation sites is 2. The second-order valence-electron chi connectivity index (χ2n) is 7.34. The molecule has 2 aromatic heterocycles. The molecular formula is C23H24N4O2. The largest absolute Gasteiger partial charge is 0.459 e. The maximum atomic E-state index is 12.9. The summed E-state index contributed by atoms with van der Waals surface area (Å²) in [6.07, 6.45) is 0.522. The topological polar surface area (TPSA) is 83.0 Å². The Morgan fingerprint density at radius 2 is 1.76 bits per heavy atom. The number of aromatic nitrogens is 3. The summed E-state index contributed by atoms with van der Waals surface area (Å²) in [5, 5.41) is 0. The third kappa shape index (κ3) is 3.53. The number of anilines is 1. The molecule has 6 heteroatoms. The van der Waals surface area contributed by atoms with Crippen molar-refractivity contribution >= 4 is 34.0 Å². The van der Waals surface area contributed by atoms with Crippen LogP contribution in [0.15, 0.2) is 48.5 Å². The number of nitrogens with zero attached hydrogens (tertiary/aromatic N) is 3. The summed E-state index contributed by atoms with van der Waals surface area (Å²) in [4.78, 5) is 22.4. The second kappa shape index (κ2) is 7.54. The quantitative estimate of drug-likeness (QED) is 0.510. The van der Waals surface area contributed by atoms with E-state index in [9.17, 15) is 4.79 Å². The van der Waals surface area contributed by atoms with Gasteiger partial charge in [0.2, 0.25) is 0 Å². The average Bonchev–Trinajstić information content (AvgIpc) is 2.98. The van der Waals surface area contributed by atoms with Crippen LogP contribution in [0.1, 0.15) is 41.8 Å². The van der Waals surface area contributed by atoms with Crippen molar-refractivity contribution in [1.82, 2.24) is 14.5 Å². The maximum Gasteiger partial charge on any atom is 0.344 e. The minimum absolute atomic E-state index is 0.203. The molecule has 2 N–H and O–H groups in total. The number of nitrogens with two attached hydrogens (primary N) is 1. The Labute approximate surface area is 169 Å². The predicted octanol–water partition coefficient (Wildman–Crippen LogP) is 4.48. The van der Waals surface area contributed by atoms with Crippen LogP contribution in [-0.2, 0) is 11.3 Å². The zero-order valence-electron chi connectivity index (χ0n) is 16.8. The van der Waals surface area contributed by atoms with Crippen molar-refractivity contribution in [3.8, 4) is 0 Å². The highest BCUT2D eigenvalue weighted by Gasteiger charge is 2.26. The van der Waals surface area contributed by atoms with Crippen LogP contribution in [0.3, 0.4) is 0 Å². The van der Waals surface area contributed by atoms with Gasteiger partial charge in [-0.2, -0.15) is 0 Å². The molecule has 0 bridgehead atoms. The first-order chi connectivity index (χ1) is 14.0. The summed E-state index contributed by atoms with van der Waals surface area (Å²) in [6.45, 7) is 6.37. The summed E-state index contributed by atoms with van der Waals surface area (Å²) in [5.74, 6) is -0.140. The van der Waals surface area contributed by atoms with E-state index >= 15 is 0 Å². The molecule has 4 aromatic rings. The molecule has 0 spiro atoms. The molecule has 0 fully saturated rings. The van der Waals surface area contributed by atoms with E-state index in [0.29, 0.717) is 29.0 Å². The summed E-state index contributed by atoms with van der Waals surface area (Å²) in [5.41, 5.74) is 11.5. The van der Waals surface area contributed by atoms with Crippen LogP contribution in [-0.4, -0.2) is 26.6 Å². The molecule has 0 aliphatic carbocycles. The predicted molar refractivity (Wildman–Crippen MR) is 115 cm³/mol. The maximum absolute atomic E-state index is 12.9.